The lowest BCUT2D eigenvalue weighted by Crippen LogP contribution is -2.55. The van der Waals surface area contributed by atoms with Gasteiger partial charge in [0.2, 0.25) is 6.35 Å². The van der Waals surface area contributed by atoms with Crippen LogP contribution in [-0.4, -0.2) is 39.4 Å². The molecule has 0 spiro atoms. The summed E-state index contributed by atoms with van der Waals surface area (Å²) in [5.41, 5.74) is -0.660. The molecule has 1 aromatic heterocycles. The monoisotopic (exact) mass is 555 g/mol. The SMILES string of the molecule is N#CC1=NN(c2cc(Cl)c(Oc3ccc(=O)n(-c4cccc(OC(F)(F)F)c4)c3)c(Cl)c2)C(O)NC1O. The van der Waals surface area contributed by atoms with Gasteiger partial charge in [0.1, 0.15) is 17.6 Å². The van der Waals surface area contributed by atoms with Crippen molar-refractivity contribution in [2.24, 2.45) is 5.10 Å². The Morgan fingerprint density at radius 3 is 2.41 bits per heavy atom. The zero-order valence-corrected chi connectivity index (χ0v) is 19.7. The predicted octanol–water partition coefficient (Wildman–Crippen LogP) is 3.72. The van der Waals surface area contributed by atoms with Crippen LogP contribution in [0.3, 0.4) is 0 Å². The Morgan fingerprint density at radius 1 is 1.05 bits per heavy atom. The van der Waals surface area contributed by atoms with Crippen molar-refractivity contribution in [1.29, 1.82) is 5.26 Å². The standard InChI is InChI=1S/C22H14Cl2F3N5O5/c23-15-7-12(32-21(35)29-20(34)17(9-28)30-32)8-16(24)19(15)36-14-4-5-18(33)31(10-14)11-2-1-3-13(6-11)37-22(25,26)27/h1-8,10,20-21,29,34-35H. The molecule has 2 atom stereocenters. The number of anilines is 1. The summed E-state index contributed by atoms with van der Waals surface area (Å²) in [6.07, 6.45) is -6.66. The summed E-state index contributed by atoms with van der Waals surface area (Å²) in [4.78, 5) is 12.4. The molecule has 0 saturated heterocycles. The van der Waals surface area contributed by atoms with Crippen LogP contribution >= 0.6 is 23.2 Å². The minimum atomic E-state index is -4.91. The van der Waals surface area contributed by atoms with Crippen LogP contribution in [0.25, 0.3) is 5.69 Å². The third-order valence-electron chi connectivity index (χ3n) is 4.81. The molecule has 0 saturated carbocycles. The Bertz CT molecular complexity index is 1450. The van der Waals surface area contributed by atoms with Gasteiger partial charge < -0.3 is 19.7 Å². The molecule has 0 amide bonds. The normalized spacial score (nSPS) is 17.7. The van der Waals surface area contributed by atoms with Crippen LogP contribution in [0.2, 0.25) is 10.0 Å². The molecule has 3 aromatic rings. The second-order valence-corrected chi connectivity index (χ2v) is 8.16. The number of halogens is 5. The van der Waals surface area contributed by atoms with Crippen molar-refractivity contribution >= 4 is 34.6 Å². The molecule has 1 aliphatic heterocycles. The molecule has 0 radical (unpaired) electrons. The predicted molar refractivity (Wildman–Crippen MR) is 126 cm³/mol. The Kier molecular flexibility index (Phi) is 7.30. The number of alkyl halides is 3. The molecule has 4 rings (SSSR count). The van der Waals surface area contributed by atoms with E-state index in [0.717, 1.165) is 27.8 Å². The smallest absolute Gasteiger partial charge is 0.453 e. The van der Waals surface area contributed by atoms with Gasteiger partial charge in [-0.1, -0.05) is 29.3 Å². The Hall–Kier alpha value is -3.80. The zero-order chi connectivity index (χ0) is 26.9. The van der Waals surface area contributed by atoms with Crippen molar-refractivity contribution in [3.63, 3.8) is 0 Å². The van der Waals surface area contributed by atoms with Gasteiger partial charge in [-0.05, 0) is 30.3 Å². The summed E-state index contributed by atoms with van der Waals surface area (Å²) in [5.74, 6) is -0.504. The maximum atomic E-state index is 12.6. The fraction of sp³-hybridized carbons (Fsp3) is 0.136. The quantitative estimate of drug-likeness (QED) is 0.434. The summed E-state index contributed by atoms with van der Waals surface area (Å²) in [5, 5.41) is 36.0. The number of pyridine rings is 1. The van der Waals surface area contributed by atoms with Crippen LogP contribution in [0.4, 0.5) is 18.9 Å². The van der Waals surface area contributed by atoms with Crippen molar-refractivity contribution in [3.8, 4) is 29.0 Å². The van der Waals surface area contributed by atoms with E-state index in [1.54, 1.807) is 6.07 Å². The van der Waals surface area contributed by atoms with Crippen molar-refractivity contribution in [2.45, 2.75) is 18.9 Å². The second kappa shape index (κ2) is 10.3. The molecule has 10 nitrogen and oxygen atoms in total. The number of hydrogen-bond donors (Lipinski definition) is 3. The minimum Gasteiger partial charge on any atom is -0.453 e. The number of ether oxygens (including phenoxy) is 2. The third kappa shape index (κ3) is 5.96. The van der Waals surface area contributed by atoms with Gasteiger partial charge in [0.05, 0.1) is 27.6 Å². The van der Waals surface area contributed by atoms with E-state index >= 15 is 0 Å². The highest BCUT2D eigenvalue weighted by Crippen LogP contribution is 2.40. The van der Waals surface area contributed by atoms with Crippen LogP contribution in [0.1, 0.15) is 0 Å². The first-order valence-electron chi connectivity index (χ1n) is 10.1. The van der Waals surface area contributed by atoms with Crippen LogP contribution in [0, 0.1) is 11.3 Å². The van der Waals surface area contributed by atoms with Gasteiger partial charge in [0.25, 0.3) is 5.56 Å². The number of hydrazone groups is 1. The lowest BCUT2D eigenvalue weighted by Gasteiger charge is -2.32. The molecule has 0 fully saturated rings. The highest BCUT2D eigenvalue weighted by atomic mass is 35.5. The van der Waals surface area contributed by atoms with Crippen LogP contribution < -0.4 is 25.4 Å². The van der Waals surface area contributed by atoms with Gasteiger partial charge in [0.15, 0.2) is 17.7 Å². The fourth-order valence-corrected chi connectivity index (χ4v) is 3.81. The maximum absolute atomic E-state index is 12.6. The van der Waals surface area contributed by atoms with Crippen LogP contribution in [0.5, 0.6) is 17.2 Å². The Morgan fingerprint density at radius 2 is 1.76 bits per heavy atom. The number of nitriles is 1. The summed E-state index contributed by atoms with van der Waals surface area (Å²) >= 11 is 12.7. The molecule has 1 aliphatic rings. The second-order valence-electron chi connectivity index (χ2n) is 7.34. The molecule has 0 bridgehead atoms. The number of benzene rings is 2. The maximum Gasteiger partial charge on any atom is 0.573 e. The van der Waals surface area contributed by atoms with E-state index in [2.05, 4.69) is 15.2 Å². The van der Waals surface area contributed by atoms with Gasteiger partial charge >= 0.3 is 6.36 Å². The number of nitrogens with one attached hydrogen (secondary N) is 1. The van der Waals surface area contributed by atoms with E-state index in [1.165, 1.54) is 36.5 Å². The number of aliphatic hydroxyl groups excluding tert-OH is 2. The fourth-order valence-electron chi connectivity index (χ4n) is 3.25. The molecule has 192 valence electrons. The highest BCUT2D eigenvalue weighted by molar-refractivity contribution is 6.37. The number of hydrogen-bond acceptors (Lipinski definition) is 9. The third-order valence-corrected chi connectivity index (χ3v) is 5.37. The van der Waals surface area contributed by atoms with E-state index in [4.69, 9.17) is 33.2 Å². The first kappa shape index (κ1) is 26.3. The van der Waals surface area contributed by atoms with E-state index in [9.17, 15) is 28.2 Å². The van der Waals surface area contributed by atoms with E-state index in [0.29, 0.717) is 0 Å². The van der Waals surface area contributed by atoms with E-state index in [1.807, 2.05) is 0 Å². The largest absolute Gasteiger partial charge is 0.573 e. The molecular formula is C22H14Cl2F3N5O5. The number of aromatic nitrogens is 1. The molecule has 2 heterocycles. The molecular weight excluding hydrogens is 542 g/mol. The average Bonchev–Trinajstić information content (AvgIpc) is 2.81. The van der Waals surface area contributed by atoms with Gasteiger partial charge in [-0.2, -0.15) is 10.4 Å². The highest BCUT2D eigenvalue weighted by Gasteiger charge is 2.31. The summed E-state index contributed by atoms with van der Waals surface area (Å²) in [7, 11) is 0. The first-order chi connectivity index (χ1) is 17.4. The first-order valence-corrected chi connectivity index (χ1v) is 10.9. The van der Waals surface area contributed by atoms with Gasteiger partial charge in [0, 0.05) is 12.1 Å². The summed E-state index contributed by atoms with van der Waals surface area (Å²) in [6.45, 7) is 0. The number of nitrogens with zero attached hydrogens (tertiary/aromatic N) is 4. The molecule has 2 aromatic carbocycles. The molecule has 15 heteroatoms. The van der Waals surface area contributed by atoms with Crippen LogP contribution in [0.15, 0.2) is 64.6 Å². The minimum absolute atomic E-state index is 0.0459. The summed E-state index contributed by atoms with van der Waals surface area (Å²) in [6, 6.07) is 11.5. The lowest BCUT2D eigenvalue weighted by atomic mass is 10.2. The van der Waals surface area contributed by atoms with Gasteiger partial charge in [-0.3, -0.25) is 9.36 Å². The van der Waals surface area contributed by atoms with E-state index < -0.39 is 30.3 Å². The van der Waals surface area contributed by atoms with Gasteiger partial charge in [-0.15, -0.1) is 13.2 Å². The lowest BCUT2D eigenvalue weighted by molar-refractivity contribution is -0.274. The molecule has 2 unspecified atom stereocenters. The van der Waals surface area contributed by atoms with Gasteiger partial charge in [-0.25, -0.2) is 10.3 Å². The Labute approximate surface area is 215 Å². The number of rotatable bonds is 5. The molecule has 0 aliphatic carbocycles. The summed E-state index contributed by atoms with van der Waals surface area (Å²) < 4.78 is 48.4. The van der Waals surface area contributed by atoms with Crippen molar-refractivity contribution < 1.29 is 32.9 Å². The van der Waals surface area contributed by atoms with Crippen molar-refractivity contribution in [1.82, 2.24) is 9.88 Å². The number of aliphatic hydroxyl groups is 2. The van der Waals surface area contributed by atoms with E-state index in [-0.39, 0.29) is 38.6 Å². The van der Waals surface area contributed by atoms with Crippen molar-refractivity contribution in [2.75, 3.05) is 5.01 Å². The molecule has 37 heavy (non-hydrogen) atoms. The Balaban J connectivity index is 1.64. The van der Waals surface area contributed by atoms with Crippen LogP contribution in [-0.2, 0) is 0 Å². The molecule has 3 N–H and O–H groups in total. The van der Waals surface area contributed by atoms with Crippen molar-refractivity contribution in [3.05, 3.63) is 75.1 Å². The average molecular weight is 556 g/mol. The zero-order valence-electron chi connectivity index (χ0n) is 18.1. The topological polar surface area (TPSA) is 132 Å².